The van der Waals surface area contributed by atoms with Crippen LogP contribution in [-0.2, 0) is 7.05 Å². The first-order valence-electron chi connectivity index (χ1n) is 10.1. The fourth-order valence-corrected chi connectivity index (χ4v) is 4.35. The molecule has 2 aromatic carbocycles. The van der Waals surface area contributed by atoms with Crippen LogP contribution in [0.4, 0.5) is 0 Å². The molecule has 1 aliphatic heterocycles. The number of aryl methyl sites for hydroxylation is 2. The van der Waals surface area contributed by atoms with E-state index in [4.69, 9.17) is 4.74 Å². The highest BCUT2D eigenvalue weighted by atomic mass is 16.5. The molecule has 0 N–H and O–H groups in total. The van der Waals surface area contributed by atoms with Crippen molar-refractivity contribution < 1.29 is 9.53 Å². The molecule has 2 heterocycles. The molecule has 4 nitrogen and oxygen atoms in total. The molecule has 1 amide bonds. The Bertz CT molecular complexity index is 988. The van der Waals surface area contributed by atoms with E-state index in [2.05, 4.69) is 42.2 Å². The highest BCUT2D eigenvalue weighted by Gasteiger charge is 2.29. The number of methoxy groups -OCH3 is 1. The predicted octanol–water partition coefficient (Wildman–Crippen LogP) is 5.25. The monoisotopic (exact) mass is 376 g/mol. The first kappa shape index (κ1) is 18.6. The molecule has 1 saturated heterocycles. The number of hydrogen-bond donors (Lipinski definition) is 0. The Kier molecular flexibility index (Phi) is 5.12. The van der Waals surface area contributed by atoms with Gasteiger partial charge in [0.25, 0.3) is 5.91 Å². The van der Waals surface area contributed by atoms with E-state index in [1.54, 1.807) is 7.11 Å². The van der Waals surface area contributed by atoms with Gasteiger partial charge in [-0.3, -0.25) is 4.79 Å². The molecule has 0 saturated carbocycles. The van der Waals surface area contributed by atoms with Crippen molar-refractivity contribution in [3.8, 4) is 5.75 Å². The zero-order valence-corrected chi connectivity index (χ0v) is 16.9. The quantitative estimate of drug-likeness (QED) is 0.625. The van der Waals surface area contributed by atoms with Gasteiger partial charge in [0.1, 0.15) is 11.4 Å². The lowest BCUT2D eigenvalue weighted by Crippen LogP contribution is -2.35. The molecular weight excluding hydrogens is 348 g/mol. The molecule has 1 atom stereocenters. The third-order valence-electron chi connectivity index (χ3n) is 5.93. The average molecular weight is 377 g/mol. The molecule has 0 unspecified atom stereocenters. The van der Waals surface area contributed by atoms with Gasteiger partial charge in [-0.05, 0) is 55.7 Å². The molecule has 0 aliphatic carbocycles. The van der Waals surface area contributed by atoms with Crippen LogP contribution in [-0.4, -0.2) is 29.0 Å². The Balaban J connectivity index is 1.71. The highest BCUT2D eigenvalue weighted by molar-refractivity contribution is 5.99. The lowest BCUT2D eigenvalue weighted by molar-refractivity contribution is 0.0671. The van der Waals surface area contributed by atoms with Crippen molar-refractivity contribution in [1.29, 1.82) is 0 Å². The normalized spacial score (nSPS) is 17.5. The second-order valence-electron chi connectivity index (χ2n) is 7.79. The first-order chi connectivity index (χ1) is 13.6. The molecule has 1 aliphatic rings. The summed E-state index contributed by atoms with van der Waals surface area (Å²) in [5, 5.41) is 1.13. The number of likely N-dealkylation sites (tertiary alicyclic amines) is 1. The summed E-state index contributed by atoms with van der Waals surface area (Å²) in [6.45, 7) is 2.89. The summed E-state index contributed by atoms with van der Waals surface area (Å²) in [7, 11) is 3.67. The Morgan fingerprint density at radius 2 is 1.82 bits per heavy atom. The summed E-state index contributed by atoms with van der Waals surface area (Å²) in [4.78, 5) is 15.7. The maximum Gasteiger partial charge on any atom is 0.271 e. The van der Waals surface area contributed by atoms with Crippen molar-refractivity contribution in [2.24, 2.45) is 7.05 Å². The van der Waals surface area contributed by atoms with E-state index in [0.29, 0.717) is 0 Å². The molecule has 3 aromatic rings. The Morgan fingerprint density at radius 1 is 1.04 bits per heavy atom. The van der Waals surface area contributed by atoms with Crippen molar-refractivity contribution in [2.75, 3.05) is 13.7 Å². The number of ether oxygens (including phenoxy) is 1. The summed E-state index contributed by atoms with van der Waals surface area (Å²) in [5.74, 6) is 0.971. The number of benzene rings is 2. The number of carbonyl (C=O) groups excluding carboxylic acids is 1. The molecule has 0 spiro atoms. The minimum absolute atomic E-state index is 0.112. The minimum Gasteiger partial charge on any atom is -0.497 e. The highest BCUT2D eigenvalue weighted by Crippen LogP contribution is 2.33. The van der Waals surface area contributed by atoms with E-state index in [-0.39, 0.29) is 11.9 Å². The fraction of sp³-hybridized carbons (Fsp3) is 0.375. The SMILES string of the molecule is COc1ccc([C@@H]2CCCCCN2C(=O)c2cc3cc(C)ccc3n2C)cc1. The molecule has 0 radical (unpaired) electrons. The van der Waals surface area contributed by atoms with E-state index in [0.717, 1.165) is 48.2 Å². The van der Waals surface area contributed by atoms with Crippen LogP contribution in [0.25, 0.3) is 10.9 Å². The fourth-order valence-electron chi connectivity index (χ4n) is 4.35. The van der Waals surface area contributed by atoms with Gasteiger partial charge in [-0.25, -0.2) is 0 Å². The maximum absolute atomic E-state index is 13.6. The molecule has 28 heavy (non-hydrogen) atoms. The van der Waals surface area contributed by atoms with E-state index in [1.165, 1.54) is 17.5 Å². The summed E-state index contributed by atoms with van der Waals surface area (Å²) in [6, 6.07) is 16.7. The van der Waals surface area contributed by atoms with Gasteiger partial charge in [0.2, 0.25) is 0 Å². The van der Waals surface area contributed by atoms with Crippen LogP contribution in [0.15, 0.2) is 48.5 Å². The summed E-state index contributed by atoms with van der Waals surface area (Å²) in [6.07, 6.45) is 4.38. The number of carbonyl (C=O) groups is 1. The number of fused-ring (bicyclic) bond motifs is 1. The van der Waals surface area contributed by atoms with Gasteiger partial charge in [0.05, 0.1) is 13.2 Å². The standard InChI is InChI=1S/C24H28N2O2/c1-17-8-13-21-19(15-17)16-23(25(21)2)24(27)26-14-6-4-5-7-22(26)18-9-11-20(28-3)12-10-18/h8-13,15-16,22H,4-7,14H2,1-3H3/t22-/m0/s1. The number of hydrogen-bond acceptors (Lipinski definition) is 2. The lowest BCUT2D eigenvalue weighted by atomic mass is 10.0. The average Bonchev–Trinajstić information content (AvgIpc) is 2.88. The van der Waals surface area contributed by atoms with Gasteiger partial charge < -0.3 is 14.2 Å². The van der Waals surface area contributed by atoms with Gasteiger partial charge in [-0.15, -0.1) is 0 Å². The third-order valence-corrected chi connectivity index (χ3v) is 5.93. The number of rotatable bonds is 3. The van der Waals surface area contributed by atoms with Gasteiger partial charge in [-0.2, -0.15) is 0 Å². The number of aromatic nitrogens is 1. The van der Waals surface area contributed by atoms with Crippen LogP contribution >= 0.6 is 0 Å². The van der Waals surface area contributed by atoms with Crippen LogP contribution in [0.1, 0.15) is 53.3 Å². The van der Waals surface area contributed by atoms with Crippen molar-refractivity contribution >= 4 is 16.8 Å². The van der Waals surface area contributed by atoms with Gasteiger partial charge in [0.15, 0.2) is 0 Å². The van der Waals surface area contributed by atoms with Crippen LogP contribution in [0, 0.1) is 6.92 Å². The summed E-state index contributed by atoms with van der Waals surface area (Å²) < 4.78 is 7.33. The Labute approximate surface area is 166 Å². The van der Waals surface area contributed by atoms with E-state index in [1.807, 2.05) is 29.8 Å². The summed E-state index contributed by atoms with van der Waals surface area (Å²) >= 11 is 0. The van der Waals surface area contributed by atoms with Crippen molar-refractivity contribution in [2.45, 2.75) is 38.6 Å². The van der Waals surface area contributed by atoms with Gasteiger partial charge in [-0.1, -0.05) is 36.6 Å². The molecule has 1 fully saturated rings. The maximum atomic E-state index is 13.6. The molecule has 0 bridgehead atoms. The summed E-state index contributed by atoms with van der Waals surface area (Å²) in [5.41, 5.74) is 4.26. The second-order valence-corrected chi connectivity index (χ2v) is 7.79. The Hall–Kier alpha value is -2.75. The first-order valence-corrected chi connectivity index (χ1v) is 10.1. The number of nitrogens with zero attached hydrogens (tertiary/aromatic N) is 2. The molecule has 4 rings (SSSR count). The lowest BCUT2D eigenvalue weighted by Gasteiger charge is -2.30. The molecule has 1 aromatic heterocycles. The zero-order chi connectivity index (χ0) is 19.7. The van der Waals surface area contributed by atoms with Crippen LogP contribution < -0.4 is 4.74 Å². The predicted molar refractivity (Wildman–Crippen MR) is 113 cm³/mol. The third kappa shape index (κ3) is 3.39. The molecule has 146 valence electrons. The molecule has 4 heteroatoms. The van der Waals surface area contributed by atoms with Crippen molar-refractivity contribution in [3.05, 3.63) is 65.4 Å². The van der Waals surface area contributed by atoms with E-state index < -0.39 is 0 Å². The van der Waals surface area contributed by atoms with E-state index >= 15 is 0 Å². The van der Waals surface area contributed by atoms with E-state index in [9.17, 15) is 4.79 Å². The van der Waals surface area contributed by atoms with Gasteiger partial charge >= 0.3 is 0 Å². The number of amides is 1. The van der Waals surface area contributed by atoms with Gasteiger partial charge in [0, 0.05) is 24.5 Å². The van der Waals surface area contributed by atoms with Crippen LogP contribution in [0.2, 0.25) is 0 Å². The topological polar surface area (TPSA) is 34.5 Å². The zero-order valence-electron chi connectivity index (χ0n) is 16.9. The minimum atomic E-state index is 0.112. The van der Waals surface area contributed by atoms with Crippen LogP contribution in [0.3, 0.4) is 0 Å². The molecular formula is C24H28N2O2. The van der Waals surface area contributed by atoms with Crippen LogP contribution in [0.5, 0.6) is 5.75 Å². The smallest absolute Gasteiger partial charge is 0.271 e. The largest absolute Gasteiger partial charge is 0.497 e. The Morgan fingerprint density at radius 3 is 2.57 bits per heavy atom. The second kappa shape index (κ2) is 7.70. The van der Waals surface area contributed by atoms with Crippen molar-refractivity contribution in [3.63, 3.8) is 0 Å². The van der Waals surface area contributed by atoms with Crippen molar-refractivity contribution in [1.82, 2.24) is 9.47 Å².